The van der Waals surface area contributed by atoms with Gasteiger partial charge in [0.05, 0.1) is 22.0 Å². The highest BCUT2D eigenvalue weighted by Gasteiger charge is 2.23. The zero-order chi connectivity index (χ0) is 23.5. The highest BCUT2D eigenvalue weighted by Crippen LogP contribution is 2.26. The number of nitrogens with one attached hydrogen (secondary N) is 1. The summed E-state index contributed by atoms with van der Waals surface area (Å²) in [4.78, 5) is 16.9. The molecule has 3 rings (SSSR count). The molecule has 1 N–H and O–H groups in total. The van der Waals surface area contributed by atoms with Crippen molar-refractivity contribution in [2.24, 2.45) is 0 Å². The van der Waals surface area contributed by atoms with Crippen molar-refractivity contribution in [3.05, 3.63) is 60.0 Å². The van der Waals surface area contributed by atoms with E-state index in [-0.39, 0.29) is 16.3 Å². The Balaban J connectivity index is 1.67. The molecule has 0 unspecified atom stereocenters. The predicted molar refractivity (Wildman–Crippen MR) is 123 cm³/mol. The second-order valence-electron chi connectivity index (χ2n) is 6.97. The number of rotatable bonds is 8. The Labute approximate surface area is 191 Å². The zero-order valence-electron chi connectivity index (χ0n) is 17.6. The van der Waals surface area contributed by atoms with Gasteiger partial charge < -0.3 is 5.32 Å². The van der Waals surface area contributed by atoms with Gasteiger partial charge in [0, 0.05) is 32.1 Å². The summed E-state index contributed by atoms with van der Waals surface area (Å²) >= 11 is 1.18. The summed E-state index contributed by atoms with van der Waals surface area (Å²) in [6.07, 6.45) is 0. The van der Waals surface area contributed by atoms with E-state index in [1.165, 1.54) is 56.7 Å². The van der Waals surface area contributed by atoms with Crippen LogP contribution in [0.15, 0.2) is 69.8 Å². The molecule has 170 valence electrons. The maximum absolute atomic E-state index is 12.5. The minimum Gasteiger partial charge on any atom is -0.301 e. The van der Waals surface area contributed by atoms with E-state index >= 15 is 0 Å². The molecule has 0 atom stereocenters. The van der Waals surface area contributed by atoms with E-state index in [2.05, 4.69) is 10.3 Å². The Bertz CT molecular complexity index is 1300. The molecule has 0 radical (unpaired) electrons. The molecule has 0 saturated carbocycles. The number of benzene rings is 2. The normalized spacial score (nSPS) is 12.3. The number of hydrogen-bond acceptors (Lipinski definition) is 7. The van der Waals surface area contributed by atoms with Gasteiger partial charge in [-0.25, -0.2) is 26.1 Å². The Morgan fingerprint density at radius 2 is 1.50 bits per heavy atom. The third-order valence-electron chi connectivity index (χ3n) is 4.50. The Kier molecular flexibility index (Phi) is 7.10. The van der Waals surface area contributed by atoms with Crippen molar-refractivity contribution < 1.29 is 21.6 Å². The van der Waals surface area contributed by atoms with Crippen molar-refractivity contribution in [2.75, 3.05) is 33.0 Å². The summed E-state index contributed by atoms with van der Waals surface area (Å²) in [5, 5.41) is 4.62. The molecule has 0 aliphatic carbocycles. The molecule has 1 heterocycles. The Hall–Kier alpha value is -2.64. The minimum absolute atomic E-state index is 0.103. The molecule has 9 nitrogen and oxygen atoms in total. The van der Waals surface area contributed by atoms with E-state index in [4.69, 9.17) is 0 Å². The van der Waals surface area contributed by atoms with E-state index in [1.807, 2.05) is 0 Å². The number of carbonyl (C=O) groups is 1. The molecule has 0 saturated heterocycles. The van der Waals surface area contributed by atoms with Gasteiger partial charge in [-0.15, -0.1) is 11.3 Å². The molecule has 0 fully saturated rings. The fourth-order valence-corrected chi connectivity index (χ4v) is 5.48. The van der Waals surface area contributed by atoms with Gasteiger partial charge in [-0.05, 0) is 24.3 Å². The molecule has 0 aliphatic rings. The maximum Gasteiger partial charge on any atom is 0.243 e. The zero-order valence-corrected chi connectivity index (χ0v) is 20.0. The first-order valence-electron chi connectivity index (χ1n) is 9.31. The van der Waals surface area contributed by atoms with Crippen LogP contribution in [0, 0.1) is 0 Å². The molecule has 0 bridgehead atoms. The summed E-state index contributed by atoms with van der Waals surface area (Å²) in [5.74, 6) is -0.527. The number of carbonyl (C=O) groups excluding carboxylic acids is 1. The van der Waals surface area contributed by atoms with E-state index in [1.54, 1.807) is 35.7 Å². The minimum atomic E-state index is -3.78. The van der Waals surface area contributed by atoms with Crippen LogP contribution in [0.25, 0.3) is 11.3 Å². The van der Waals surface area contributed by atoms with E-state index in [0.717, 1.165) is 8.61 Å². The van der Waals surface area contributed by atoms with Gasteiger partial charge in [-0.1, -0.05) is 30.3 Å². The van der Waals surface area contributed by atoms with Gasteiger partial charge in [-0.2, -0.15) is 4.31 Å². The predicted octanol–water partition coefficient (Wildman–Crippen LogP) is 2.32. The number of aromatic nitrogens is 1. The molecule has 3 aromatic rings. The average Bonchev–Trinajstić information content (AvgIpc) is 3.22. The van der Waals surface area contributed by atoms with Gasteiger partial charge in [0.25, 0.3) is 0 Å². The molecule has 0 spiro atoms. The number of amides is 1. The third kappa shape index (κ3) is 5.22. The fourth-order valence-electron chi connectivity index (χ4n) is 2.69. The van der Waals surface area contributed by atoms with Crippen molar-refractivity contribution in [3.63, 3.8) is 0 Å². The van der Waals surface area contributed by atoms with Gasteiger partial charge in [0.15, 0.2) is 5.13 Å². The number of sulfonamides is 2. The lowest BCUT2D eigenvalue weighted by atomic mass is 10.2. The van der Waals surface area contributed by atoms with Crippen LogP contribution in [0.5, 0.6) is 0 Å². The highest BCUT2D eigenvalue weighted by atomic mass is 32.2. The number of anilines is 1. The van der Waals surface area contributed by atoms with Crippen molar-refractivity contribution in [1.29, 1.82) is 0 Å². The first-order chi connectivity index (χ1) is 15.0. The molecule has 12 heteroatoms. The topological polar surface area (TPSA) is 117 Å². The Morgan fingerprint density at radius 1 is 0.906 bits per heavy atom. The van der Waals surface area contributed by atoms with Gasteiger partial charge >= 0.3 is 0 Å². The second-order valence-corrected chi connectivity index (χ2v) is 12.0. The summed E-state index contributed by atoms with van der Waals surface area (Å²) < 4.78 is 51.5. The summed E-state index contributed by atoms with van der Waals surface area (Å²) in [7, 11) is -3.06. The van der Waals surface area contributed by atoms with Crippen LogP contribution in [0.1, 0.15) is 0 Å². The number of nitrogens with zero attached hydrogens (tertiary/aromatic N) is 3. The molecule has 1 aromatic heterocycles. The van der Waals surface area contributed by atoms with Gasteiger partial charge in [-0.3, -0.25) is 4.79 Å². The molecule has 32 heavy (non-hydrogen) atoms. The molecular formula is C20H22N4O5S3. The lowest BCUT2D eigenvalue weighted by molar-refractivity contribution is -0.116. The van der Waals surface area contributed by atoms with E-state index < -0.39 is 26.0 Å². The monoisotopic (exact) mass is 494 g/mol. The standard InChI is InChI=1S/C20H22N4O5S3/c1-23(2)31(26,27)17-11-9-15(10-12-17)18-14-30-20(21-18)22-19(25)13-24(3)32(28,29)16-7-5-4-6-8-16/h4-12,14H,13H2,1-3H3,(H,21,22,25). The summed E-state index contributed by atoms with van der Waals surface area (Å²) in [6, 6.07) is 14.1. The molecule has 1 amide bonds. The first kappa shape index (κ1) is 24.0. The quantitative estimate of drug-likeness (QED) is 0.514. The molecule has 0 aliphatic heterocycles. The van der Waals surface area contributed by atoms with Crippen LogP contribution < -0.4 is 5.32 Å². The fraction of sp³-hybridized carbons (Fsp3) is 0.200. The van der Waals surface area contributed by atoms with Crippen molar-refractivity contribution in [1.82, 2.24) is 13.6 Å². The lowest BCUT2D eigenvalue weighted by Crippen LogP contribution is -2.34. The van der Waals surface area contributed by atoms with Gasteiger partial charge in [0.1, 0.15) is 0 Å². The van der Waals surface area contributed by atoms with E-state index in [0.29, 0.717) is 16.4 Å². The first-order valence-corrected chi connectivity index (χ1v) is 13.1. The smallest absolute Gasteiger partial charge is 0.243 e. The largest absolute Gasteiger partial charge is 0.301 e. The SMILES string of the molecule is CN(C)S(=O)(=O)c1ccc(-c2csc(NC(=O)CN(C)S(=O)(=O)c3ccccc3)n2)cc1. The van der Waals surface area contributed by atoms with E-state index in [9.17, 15) is 21.6 Å². The van der Waals surface area contributed by atoms with Crippen LogP contribution in [-0.2, 0) is 24.8 Å². The third-order valence-corrected chi connectivity index (χ3v) is 8.90. The molecule has 2 aromatic carbocycles. The van der Waals surface area contributed by atoms with Crippen molar-refractivity contribution in [2.45, 2.75) is 9.79 Å². The Morgan fingerprint density at radius 3 is 2.09 bits per heavy atom. The number of hydrogen-bond donors (Lipinski definition) is 1. The molecular weight excluding hydrogens is 472 g/mol. The highest BCUT2D eigenvalue weighted by molar-refractivity contribution is 7.89. The van der Waals surface area contributed by atoms with Gasteiger partial charge in [0.2, 0.25) is 26.0 Å². The maximum atomic E-state index is 12.5. The van der Waals surface area contributed by atoms with Crippen molar-refractivity contribution in [3.8, 4) is 11.3 Å². The average molecular weight is 495 g/mol. The van der Waals surface area contributed by atoms with Crippen LogP contribution in [0.4, 0.5) is 5.13 Å². The van der Waals surface area contributed by atoms with Crippen LogP contribution in [0.2, 0.25) is 0 Å². The number of thiazole rings is 1. The summed E-state index contributed by atoms with van der Waals surface area (Å²) in [5.41, 5.74) is 1.24. The van der Waals surface area contributed by atoms with Crippen LogP contribution in [-0.4, -0.2) is 64.0 Å². The number of likely N-dealkylation sites (N-methyl/N-ethyl adjacent to an activating group) is 1. The van der Waals surface area contributed by atoms with Crippen molar-refractivity contribution >= 4 is 42.4 Å². The lowest BCUT2D eigenvalue weighted by Gasteiger charge is -2.16. The summed E-state index contributed by atoms with van der Waals surface area (Å²) in [6.45, 7) is -0.372. The van der Waals surface area contributed by atoms with Crippen LogP contribution >= 0.6 is 11.3 Å². The second kappa shape index (κ2) is 9.46. The van der Waals surface area contributed by atoms with Crippen LogP contribution in [0.3, 0.4) is 0 Å².